The zero-order valence-corrected chi connectivity index (χ0v) is 17.4. The summed E-state index contributed by atoms with van der Waals surface area (Å²) in [6, 6.07) is 24.1. The second kappa shape index (κ2) is 10.6. The predicted octanol–water partition coefficient (Wildman–Crippen LogP) is 4.98. The minimum atomic E-state index is -6.00. The van der Waals surface area contributed by atoms with Gasteiger partial charge in [0.15, 0.2) is 0 Å². The number of aromatic nitrogens is 1. The summed E-state index contributed by atoms with van der Waals surface area (Å²) in [7, 11) is -2.17. The molecule has 1 aromatic heterocycles. The second-order valence-electron chi connectivity index (χ2n) is 6.62. The van der Waals surface area contributed by atoms with Gasteiger partial charge in [-0.25, -0.2) is 4.79 Å². The van der Waals surface area contributed by atoms with E-state index in [0.29, 0.717) is 12.3 Å². The van der Waals surface area contributed by atoms with E-state index in [9.17, 15) is 22.1 Å². The highest BCUT2D eigenvalue weighted by Gasteiger charge is 2.29. The minimum absolute atomic E-state index is 0.336. The number of carbonyl (C=O) groups excluding carboxylic acids is 1. The third kappa shape index (κ3) is 7.13. The third-order valence-electron chi connectivity index (χ3n) is 4.10. The van der Waals surface area contributed by atoms with Crippen LogP contribution >= 0.6 is 0 Å². The van der Waals surface area contributed by atoms with Gasteiger partial charge in [0.25, 0.3) is 0 Å². The number of carbonyl (C=O) groups is 1. The number of halogens is 4. The lowest BCUT2D eigenvalue weighted by Gasteiger charge is -2.15. The van der Waals surface area contributed by atoms with Crippen LogP contribution in [0.3, 0.4) is 0 Å². The molecule has 0 amide bonds. The summed E-state index contributed by atoms with van der Waals surface area (Å²) in [6.07, 6.45) is 0. The van der Waals surface area contributed by atoms with E-state index in [0.717, 1.165) is 22.4 Å². The van der Waals surface area contributed by atoms with Gasteiger partial charge in [0.1, 0.15) is 0 Å². The lowest BCUT2D eigenvalue weighted by atomic mass is 10.0. The number of benzene rings is 2. The van der Waals surface area contributed by atoms with Gasteiger partial charge in [0, 0.05) is 17.7 Å². The molecular formula is C22H23BF4N2O2. The molecule has 0 unspecified atom stereocenters. The van der Waals surface area contributed by atoms with Crippen molar-refractivity contribution in [3.8, 4) is 22.4 Å². The molecule has 1 heterocycles. The molecule has 0 saturated heterocycles. The molecule has 0 bridgehead atoms. The van der Waals surface area contributed by atoms with Crippen LogP contribution in [-0.2, 0) is 4.74 Å². The van der Waals surface area contributed by atoms with Gasteiger partial charge in [0.05, 0.1) is 20.7 Å². The number of nitrogens with zero attached hydrogens (tertiary/aromatic N) is 2. The normalized spacial score (nSPS) is 10.7. The summed E-state index contributed by atoms with van der Waals surface area (Å²) in [6.45, 7) is 2.15. The first-order valence-corrected chi connectivity index (χ1v) is 9.54. The number of rotatable bonds is 5. The molecule has 0 N–H and O–H groups in total. The first kappa shape index (κ1) is 23.9. The average molecular weight is 434 g/mol. The fourth-order valence-corrected chi connectivity index (χ4v) is 2.98. The third-order valence-corrected chi connectivity index (χ3v) is 4.10. The van der Waals surface area contributed by atoms with Crippen molar-refractivity contribution in [1.82, 2.24) is 0 Å². The van der Waals surface area contributed by atoms with E-state index < -0.39 is 7.25 Å². The van der Waals surface area contributed by atoms with Crippen LogP contribution in [0.15, 0.2) is 72.8 Å². The number of esters is 1. The van der Waals surface area contributed by atoms with Crippen LogP contribution in [0.5, 0.6) is 0 Å². The smallest absolute Gasteiger partial charge is 0.458 e. The predicted molar refractivity (Wildman–Crippen MR) is 114 cm³/mol. The Kier molecular flexibility index (Phi) is 8.18. The van der Waals surface area contributed by atoms with Crippen molar-refractivity contribution in [3.63, 3.8) is 0 Å². The van der Waals surface area contributed by atoms with Crippen molar-refractivity contribution in [2.75, 3.05) is 25.7 Å². The summed E-state index contributed by atoms with van der Waals surface area (Å²) in [5.74, 6) is -0.337. The molecule has 0 spiro atoms. The minimum Gasteiger partial charge on any atom is -0.458 e. The number of pyridine rings is 1. The molecule has 31 heavy (non-hydrogen) atoms. The largest absolute Gasteiger partial charge is 0.673 e. The molecule has 164 valence electrons. The van der Waals surface area contributed by atoms with Crippen molar-refractivity contribution < 1.29 is 31.5 Å². The van der Waals surface area contributed by atoms with Crippen molar-refractivity contribution >= 4 is 13.2 Å². The number of hydrogen-bond donors (Lipinski definition) is 0. The molecule has 0 radical (unpaired) electrons. The van der Waals surface area contributed by atoms with Gasteiger partial charge in [-0.3, -0.25) is 0 Å². The lowest BCUT2D eigenvalue weighted by molar-refractivity contribution is -0.679. The molecule has 0 aliphatic heterocycles. The van der Waals surface area contributed by atoms with E-state index in [4.69, 9.17) is 4.74 Å². The van der Waals surface area contributed by atoms with Gasteiger partial charge >= 0.3 is 18.9 Å². The van der Waals surface area contributed by atoms with E-state index >= 15 is 0 Å². The molecular weight excluding hydrogens is 411 g/mol. The van der Waals surface area contributed by atoms with Crippen LogP contribution in [-0.4, -0.2) is 33.9 Å². The number of ether oxygens (including phenoxy) is 1. The zero-order valence-electron chi connectivity index (χ0n) is 17.4. The maximum Gasteiger partial charge on any atom is 0.673 e. The Bertz CT molecular complexity index is 992. The van der Waals surface area contributed by atoms with Gasteiger partial charge < -0.3 is 22.0 Å². The molecule has 3 aromatic rings. The fraction of sp³-hybridized carbons (Fsp3) is 0.182. The summed E-state index contributed by atoms with van der Waals surface area (Å²) >= 11 is 0. The molecule has 0 fully saturated rings. The van der Waals surface area contributed by atoms with Gasteiger partial charge in [-0.05, 0) is 30.2 Å². The van der Waals surface area contributed by atoms with E-state index in [2.05, 4.69) is 6.07 Å². The maximum absolute atomic E-state index is 12.7. The maximum atomic E-state index is 12.7. The molecule has 9 heteroatoms. The summed E-state index contributed by atoms with van der Waals surface area (Å²) in [5.41, 5.74) is 4.49. The van der Waals surface area contributed by atoms with Crippen LogP contribution in [0.25, 0.3) is 22.4 Å². The fourth-order valence-electron chi connectivity index (χ4n) is 2.98. The first-order valence-electron chi connectivity index (χ1n) is 9.54. The van der Waals surface area contributed by atoms with E-state index in [1.165, 1.54) is 0 Å². The Morgan fingerprint density at radius 1 is 0.871 bits per heavy atom. The SMILES string of the molecule is CCOC(=O)c1cc(-c2ccccc2)cc(-c2ccccc2)[n+]1N(C)C.F[B-](F)(F)F. The van der Waals surface area contributed by atoms with Crippen LogP contribution in [0.1, 0.15) is 17.4 Å². The topological polar surface area (TPSA) is 33.4 Å². The standard InChI is InChI=1S/C22H23N2O2.BF4/c1-4-26-22(25)21-16-19(17-11-7-5-8-12-17)15-20(24(21)23(2)3)18-13-9-6-10-14-18;2-1(3,4)5/h5-16H,4H2,1-3H3;/q+1;-1. The van der Waals surface area contributed by atoms with E-state index in [-0.39, 0.29) is 5.97 Å². The van der Waals surface area contributed by atoms with Crippen molar-refractivity contribution in [2.24, 2.45) is 0 Å². The summed E-state index contributed by atoms with van der Waals surface area (Å²) < 4.78 is 46.2. The highest BCUT2D eigenvalue weighted by molar-refractivity contribution is 6.50. The zero-order chi connectivity index (χ0) is 23.0. The molecule has 0 aliphatic carbocycles. The molecule has 4 nitrogen and oxygen atoms in total. The molecule has 0 aliphatic rings. The van der Waals surface area contributed by atoms with E-state index in [1.54, 1.807) is 0 Å². The van der Waals surface area contributed by atoms with Crippen LogP contribution in [0, 0.1) is 0 Å². The Labute approximate surface area is 178 Å². The van der Waals surface area contributed by atoms with E-state index in [1.807, 2.05) is 97.4 Å². The average Bonchev–Trinajstić information content (AvgIpc) is 2.73. The first-order chi connectivity index (χ1) is 14.6. The quantitative estimate of drug-likeness (QED) is 0.246. The highest BCUT2D eigenvalue weighted by Crippen LogP contribution is 2.25. The van der Waals surface area contributed by atoms with Crippen molar-refractivity contribution in [2.45, 2.75) is 6.92 Å². The van der Waals surface area contributed by atoms with Gasteiger partial charge in [-0.15, -0.1) is 0 Å². The summed E-state index contributed by atoms with van der Waals surface area (Å²) in [5, 5.41) is 1.89. The Hall–Kier alpha value is -3.36. The van der Waals surface area contributed by atoms with Crippen LogP contribution < -0.4 is 9.69 Å². The monoisotopic (exact) mass is 434 g/mol. The van der Waals surface area contributed by atoms with Gasteiger partial charge in [-0.1, -0.05) is 53.2 Å². The lowest BCUT2D eigenvalue weighted by Crippen LogP contribution is -2.58. The van der Waals surface area contributed by atoms with Crippen molar-refractivity contribution in [1.29, 1.82) is 0 Å². The Balaban J connectivity index is 0.000000614. The van der Waals surface area contributed by atoms with Crippen molar-refractivity contribution in [3.05, 3.63) is 78.5 Å². The Morgan fingerprint density at radius 2 is 1.35 bits per heavy atom. The molecule has 3 rings (SSSR count). The van der Waals surface area contributed by atoms with Gasteiger partial charge in [-0.2, -0.15) is 5.01 Å². The second-order valence-corrected chi connectivity index (χ2v) is 6.62. The summed E-state index contributed by atoms with van der Waals surface area (Å²) in [4.78, 5) is 12.7. The molecule has 0 saturated carbocycles. The Morgan fingerprint density at radius 3 is 1.81 bits per heavy atom. The highest BCUT2D eigenvalue weighted by atomic mass is 19.5. The molecule has 2 aromatic carbocycles. The molecule has 0 atom stereocenters. The van der Waals surface area contributed by atoms with Crippen LogP contribution in [0.2, 0.25) is 0 Å². The van der Waals surface area contributed by atoms with Gasteiger partial charge in [0.2, 0.25) is 5.69 Å². The van der Waals surface area contributed by atoms with Crippen LogP contribution in [0.4, 0.5) is 17.3 Å². The number of hydrogen-bond acceptors (Lipinski definition) is 3.